The molecule has 0 aliphatic carbocycles. The molecule has 32 heavy (non-hydrogen) atoms. The number of hydrogen-bond donors (Lipinski definition) is 2. The number of amides is 2. The van der Waals surface area contributed by atoms with Gasteiger partial charge in [0.25, 0.3) is 0 Å². The van der Waals surface area contributed by atoms with Crippen LogP contribution in [0.4, 0.5) is 4.79 Å². The highest BCUT2D eigenvalue weighted by molar-refractivity contribution is 5.85. The van der Waals surface area contributed by atoms with Gasteiger partial charge < -0.3 is 29.4 Å². The standard InChI is InChI=1S/C24H33N3O5/c1-24(2,3)32-23(29)27-13-15(10-16(14-27)26-22(28)21-6-5-9-31-21)19-12-25-20-8-7-17(30-4)11-18(19)20/h7-8,11-12,15-16,21,25H,5-6,9-10,13-14H2,1-4H3,(H,26,28)/t15?,16?,21-/m0/s1. The van der Waals surface area contributed by atoms with Crippen molar-refractivity contribution in [1.29, 1.82) is 0 Å². The number of benzene rings is 1. The van der Waals surface area contributed by atoms with Crippen molar-refractivity contribution in [3.63, 3.8) is 0 Å². The summed E-state index contributed by atoms with van der Waals surface area (Å²) in [5.74, 6) is 0.714. The molecule has 8 nitrogen and oxygen atoms in total. The van der Waals surface area contributed by atoms with Crippen molar-refractivity contribution in [2.75, 3.05) is 26.8 Å². The molecule has 1 aromatic carbocycles. The molecule has 2 unspecified atom stereocenters. The number of ether oxygens (including phenoxy) is 3. The topological polar surface area (TPSA) is 92.9 Å². The number of nitrogens with one attached hydrogen (secondary N) is 2. The second kappa shape index (κ2) is 9.02. The van der Waals surface area contributed by atoms with E-state index in [2.05, 4.69) is 10.3 Å². The van der Waals surface area contributed by atoms with Gasteiger partial charge in [0.15, 0.2) is 0 Å². The molecule has 4 rings (SSSR count). The molecule has 2 amide bonds. The summed E-state index contributed by atoms with van der Waals surface area (Å²) in [6.07, 6.45) is 3.58. The van der Waals surface area contributed by atoms with Crippen molar-refractivity contribution in [2.45, 2.75) is 63.7 Å². The van der Waals surface area contributed by atoms with Crippen molar-refractivity contribution in [1.82, 2.24) is 15.2 Å². The van der Waals surface area contributed by atoms with Crippen molar-refractivity contribution in [3.05, 3.63) is 30.0 Å². The maximum Gasteiger partial charge on any atom is 0.410 e. The average Bonchev–Trinajstić information content (AvgIpc) is 3.42. The molecule has 0 spiro atoms. The molecule has 2 aromatic rings. The molecule has 3 heterocycles. The third-order valence-electron chi connectivity index (χ3n) is 6.03. The Hall–Kier alpha value is -2.74. The van der Waals surface area contributed by atoms with Crippen LogP contribution < -0.4 is 10.1 Å². The van der Waals surface area contributed by atoms with Gasteiger partial charge >= 0.3 is 6.09 Å². The Kier molecular flexibility index (Phi) is 6.33. The van der Waals surface area contributed by atoms with Crippen LogP contribution in [0.3, 0.4) is 0 Å². The zero-order chi connectivity index (χ0) is 22.9. The van der Waals surface area contributed by atoms with Crippen LogP contribution in [0.15, 0.2) is 24.4 Å². The minimum atomic E-state index is -0.589. The fourth-order valence-corrected chi connectivity index (χ4v) is 4.57. The van der Waals surface area contributed by atoms with Crippen LogP contribution in [0, 0.1) is 0 Å². The highest BCUT2D eigenvalue weighted by Gasteiger charge is 2.36. The molecule has 2 aliphatic rings. The molecule has 2 N–H and O–H groups in total. The van der Waals surface area contributed by atoms with Crippen LogP contribution in [-0.2, 0) is 14.3 Å². The van der Waals surface area contributed by atoms with Gasteiger partial charge in [-0.1, -0.05) is 0 Å². The fraction of sp³-hybridized carbons (Fsp3) is 0.583. The Morgan fingerprint density at radius 3 is 2.75 bits per heavy atom. The predicted molar refractivity (Wildman–Crippen MR) is 121 cm³/mol. The van der Waals surface area contributed by atoms with Gasteiger partial charge in [0, 0.05) is 48.8 Å². The van der Waals surface area contributed by atoms with Gasteiger partial charge in [0.05, 0.1) is 7.11 Å². The predicted octanol–water partition coefficient (Wildman–Crippen LogP) is 3.56. The summed E-state index contributed by atoms with van der Waals surface area (Å²) in [6.45, 7) is 7.12. The number of piperidine rings is 1. The lowest BCUT2D eigenvalue weighted by atomic mass is 9.87. The largest absolute Gasteiger partial charge is 0.497 e. The number of H-pyrrole nitrogens is 1. The van der Waals surface area contributed by atoms with Crippen LogP contribution in [-0.4, -0.2) is 66.4 Å². The Labute approximate surface area is 188 Å². The lowest BCUT2D eigenvalue weighted by Gasteiger charge is -2.39. The minimum absolute atomic E-state index is 0.0342. The first-order valence-corrected chi connectivity index (χ1v) is 11.3. The molecular formula is C24H33N3O5. The lowest BCUT2D eigenvalue weighted by Crippen LogP contribution is -2.54. The Balaban J connectivity index is 1.59. The first-order valence-electron chi connectivity index (χ1n) is 11.3. The number of carbonyl (C=O) groups is 2. The van der Waals surface area contributed by atoms with E-state index in [1.54, 1.807) is 12.0 Å². The molecule has 8 heteroatoms. The molecule has 174 valence electrons. The molecule has 1 aromatic heterocycles. The highest BCUT2D eigenvalue weighted by Crippen LogP contribution is 2.34. The summed E-state index contributed by atoms with van der Waals surface area (Å²) in [6, 6.07) is 5.73. The Morgan fingerprint density at radius 1 is 1.25 bits per heavy atom. The average molecular weight is 444 g/mol. The SMILES string of the molecule is COc1ccc2[nH]cc(C3CC(NC(=O)[C@@H]4CCCO4)CN(C(=O)OC(C)(C)C)C3)c2c1. The van der Waals surface area contributed by atoms with Crippen LogP contribution >= 0.6 is 0 Å². The number of nitrogens with zero attached hydrogens (tertiary/aromatic N) is 1. The smallest absolute Gasteiger partial charge is 0.410 e. The van der Waals surface area contributed by atoms with E-state index in [9.17, 15) is 9.59 Å². The van der Waals surface area contributed by atoms with Crippen molar-refractivity contribution in [2.24, 2.45) is 0 Å². The van der Waals surface area contributed by atoms with Crippen LogP contribution in [0.25, 0.3) is 10.9 Å². The van der Waals surface area contributed by atoms with E-state index in [1.165, 1.54) is 0 Å². The van der Waals surface area contributed by atoms with Gasteiger partial charge in [-0.25, -0.2) is 4.79 Å². The second-order valence-electron chi connectivity index (χ2n) is 9.68. The first kappa shape index (κ1) is 22.5. The normalized spacial score (nSPS) is 23.9. The van der Waals surface area contributed by atoms with Gasteiger partial charge in [0.2, 0.25) is 5.91 Å². The summed E-state index contributed by atoms with van der Waals surface area (Å²) in [5, 5.41) is 4.18. The van der Waals surface area contributed by atoms with E-state index >= 15 is 0 Å². The third-order valence-corrected chi connectivity index (χ3v) is 6.03. The molecule has 3 atom stereocenters. The molecular weight excluding hydrogens is 410 g/mol. The molecule has 2 fully saturated rings. The summed E-state index contributed by atoms with van der Waals surface area (Å²) in [4.78, 5) is 30.7. The number of aromatic amines is 1. The summed E-state index contributed by atoms with van der Waals surface area (Å²) in [7, 11) is 1.65. The van der Waals surface area contributed by atoms with E-state index in [0.717, 1.165) is 41.5 Å². The monoisotopic (exact) mass is 443 g/mol. The zero-order valence-electron chi connectivity index (χ0n) is 19.3. The third kappa shape index (κ3) is 5.01. The van der Waals surface area contributed by atoms with Gasteiger partial charge in [-0.15, -0.1) is 0 Å². The lowest BCUT2D eigenvalue weighted by molar-refractivity contribution is -0.131. The zero-order valence-corrected chi connectivity index (χ0v) is 19.3. The van der Waals surface area contributed by atoms with E-state index in [1.807, 2.05) is 45.2 Å². The van der Waals surface area contributed by atoms with Crippen molar-refractivity contribution >= 4 is 22.9 Å². The first-order chi connectivity index (χ1) is 15.2. The van der Waals surface area contributed by atoms with Gasteiger partial charge in [0.1, 0.15) is 17.5 Å². The number of methoxy groups -OCH3 is 1. The molecule has 0 radical (unpaired) electrons. The fourth-order valence-electron chi connectivity index (χ4n) is 4.57. The molecule has 2 aliphatic heterocycles. The number of hydrogen-bond acceptors (Lipinski definition) is 5. The van der Waals surface area contributed by atoms with E-state index in [-0.39, 0.29) is 24.0 Å². The summed E-state index contributed by atoms with van der Waals surface area (Å²) in [5.41, 5.74) is 1.52. The van der Waals surface area contributed by atoms with Crippen molar-refractivity contribution < 1.29 is 23.8 Å². The maximum atomic E-state index is 12.9. The summed E-state index contributed by atoms with van der Waals surface area (Å²) < 4.78 is 16.6. The van der Waals surface area contributed by atoms with E-state index in [4.69, 9.17) is 14.2 Å². The van der Waals surface area contributed by atoms with Crippen LogP contribution in [0.1, 0.15) is 51.5 Å². The quantitative estimate of drug-likeness (QED) is 0.754. The molecule has 0 saturated carbocycles. The highest BCUT2D eigenvalue weighted by atomic mass is 16.6. The van der Waals surface area contributed by atoms with Gasteiger partial charge in [-0.2, -0.15) is 0 Å². The number of likely N-dealkylation sites (tertiary alicyclic amines) is 1. The number of aromatic nitrogens is 1. The van der Waals surface area contributed by atoms with E-state index in [0.29, 0.717) is 19.7 Å². The van der Waals surface area contributed by atoms with Gasteiger partial charge in [-0.05, 0) is 63.8 Å². The maximum absolute atomic E-state index is 12.9. The van der Waals surface area contributed by atoms with Gasteiger partial charge in [-0.3, -0.25) is 4.79 Å². The molecule has 2 saturated heterocycles. The summed E-state index contributed by atoms with van der Waals surface area (Å²) >= 11 is 0. The minimum Gasteiger partial charge on any atom is -0.497 e. The Bertz CT molecular complexity index is 974. The number of fused-ring (bicyclic) bond motifs is 1. The van der Waals surface area contributed by atoms with Crippen molar-refractivity contribution in [3.8, 4) is 5.75 Å². The van der Waals surface area contributed by atoms with Crippen LogP contribution in [0.5, 0.6) is 5.75 Å². The van der Waals surface area contributed by atoms with E-state index < -0.39 is 11.7 Å². The Morgan fingerprint density at radius 2 is 2.06 bits per heavy atom. The second-order valence-corrected chi connectivity index (χ2v) is 9.68. The number of carbonyl (C=O) groups excluding carboxylic acids is 2. The number of rotatable bonds is 4. The molecule has 0 bridgehead atoms. The van der Waals surface area contributed by atoms with Crippen LogP contribution in [0.2, 0.25) is 0 Å².